The van der Waals surface area contributed by atoms with E-state index in [2.05, 4.69) is 44.1 Å². The zero-order valence-electron chi connectivity index (χ0n) is 9.43. The molecule has 3 nitrogen and oxygen atoms in total. The summed E-state index contributed by atoms with van der Waals surface area (Å²) >= 11 is 6.74. The monoisotopic (exact) mass is 361 g/mol. The Balaban J connectivity index is 2.01. The molecule has 1 aromatic rings. The van der Waals surface area contributed by atoms with Gasteiger partial charge in [0.2, 0.25) is 0 Å². The molecule has 1 aliphatic rings. The van der Waals surface area contributed by atoms with E-state index >= 15 is 0 Å². The second-order valence-electron chi connectivity index (χ2n) is 4.61. The Morgan fingerprint density at radius 2 is 2.18 bits per heavy atom. The summed E-state index contributed by atoms with van der Waals surface area (Å²) in [5, 5.41) is 2.94. The van der Waals surface area contributed by atoms with Gasteiger partial charge in [-0.05, 0) is 34.1 Å². The number of carbonyl (C=O) groups is 1. The molecule has 0 radical (unpaired) electrons. The predicted molar refractivity (Wildman–Crippen MR) is 73.1 cm³/mol. The average Bonchev–Trinajstić information content (AvgIpc) is 2.26. The summed E-state index contributed by atoms with van der Waals surface area (Å²) < 4.78 is 6.84. The molecule has 92 valence electrons. The molecule has 1 N–H and O–H groups in total. The van der Waals surface area contributed by atoms with Crippen molar-refractivity contribution < 1.29 is 9.53 Å². The number of carbonyl (C=O) groups excluding carboxylic acids is 1. The molecule has 0 bridgehead atoms. The van der Waals surface area contributed by atoms with Crippen LogP contribution in [0.1, 0.15) is 17.3 Å². The summed E-state index contributed by atoms with van der Waals surface area (Å²) in [5.41, 5.74) is 0.733. The first-order valence-electron chi connectivity index (χ1n) is 5.31. The van der Waals surface area contributed by atoms with Crippen molar-refractivity contribution in [3.8, 4) is 0 Å². The fourth-order valence-electron chi connectivity index (χ4n) is 1.61. The maximum Gasteiger partial charge on any atom is 0.252 e. The van der Waals surface area contributed by atoms with E-state index in [0.29, 0.717) is 25.3 Å². The van der Waals surface area contributed by atoms with Crippen molar-refractivity contribution in [1.82, 2.24) is 5.32 Å². The smallest absolute Gasteiger partial charge is 0.252 e. The normalized spacial score (nSPS) is 17.4. The lowest BCUT2D eigenvalue weighted by molar-refractivity contribution is -0.0978. The van der Waals surface area contributed by atoms with Crippen molar-refractivity contribution in [3.63, 3.8) is 0 Å². The maximum atomic E-state index is 12.0. The number of hydrogen-bond acceptors (Lipinski definition) is 2. The Morgan fingerprint density at radius 1 is 1.47 bits per heavy atom. The molecule has 1 fully saturated rings. The van der Waals surface area contributed by atoms with Crippen molar-refractivity contribution in [3.05, 3.63) is 32.7 Å². The number of rotatable bonds is 3. The fraction of sp³-hybridized carbons (Fsp3) is 0.417. The van der Waals surface area contributed by atoms with Crippen LogP contribution in [0.5, 0.6) is 0 Å². The van der Waals surface area contributed by atoms with Gasteiger partial charge in [-0.2, -0.15) is 0 Å². The van der Waals surface area contributed by atoms with Gasteiger partial charge in [-0.1, -0.05) is 22.9 Å². The molecule has 1 saturated heterocycles. The van der Waals surface area contributed by atoms with Gasteiger partial charge >= 0.3 is 0 Å². The summed E-state index contributed by atoms with van der Waals surface area (Å²) in [6, 6.07) is 5.55. The average molecular weight is 363 g/mol. The molecule has 1 aliphatic heterocycles. The molecule has 0 spiro atoms. The van der Waals surface area contributed by atoms with E-state index in [1.807, 2.05) is 12.1 Å². The first-order chi connectivity index (χ1) is 8.00. The van der Waals surface area contributed by atoms with Crippen LogP contribution in [0.3, 0.4) is 0 Å². The number of benzene rings is 1. The summed E-state index contributed by atoms with van der Waals surface area (Å²) in [7, 11) is 0. The van der Waals surface area contributed by atoms with Crippen LogP contribution in [-0.2, 0) is 4.74 Å². The number of halogens is 2. The summed E-state index contributed by atoms with van der Waals surface area (Å²) in [6.07, 6.45) is 0. The second-order valence-corrected chi connectivity index (χ2v) is 6.38. The van der Waals surface area contributed by atoms with Crippen LogP contribution in [0.2, 0.25) is 0 Å². The Labute approximate surface area is 117 Å². The number of hydrogen-bond donors (Lipinski definition) is 1. The van der Waals surface area contributed by atoms with E-state index in [9.17, 15) is 4.79 Å². The lowest BCUT2D eigenvalue weighted by Crippen LogP contribution is -2.48. The molecule has 0 aromatic heterocycles. The molecule has 1 amide bonds. The largest absolute Gasteiger partial charge is 0.380 e. The van der Waals surface area contributed by atoms with Gasteiger partial charge in [-0.25, -0.2) is 0 Å². The van der Waals surface area contributed by atoms with E-state index in [0.717, 1.165) is 8.95 Å². The molecule has 0 atom stereocenters. The van der Waals surface area contributed by atoms with Gasteiger partial charge in [0.1, 0.15) is 0 Å². The van der Waals surface area contributed by atoms with Crippen LogP contribution in [0.15, 0.2) is 27.1 Å². The van der Waals surface area contributed by atoms with Crippen LogP contribution >= 0.6 is 31.9 Å². The second kappa shape index (κ2) is 5.08. The fourth-order valence-corrected chi connectivity index (χ4v) is 2.40. The molecule has 1 aromatic carbocycles. The Kier molecular flexibility index (Phi) is 3.90. The third-order valence-corrected chi connectivity index (χ3v) is 3.93. The lowest BCUT2D eigenvalue weighted by atomic mass is 9.89. The minimum atomic E-state index is -0.0636. The van der Waals surface area contributed by atoms with Gasteiger partial charge in [-0.15, -0.1) is 0 Å². The molecule has 17 heavy (non-hydrogen) atoms. The molecular formula is C12H13Br2NO2. The molecule has 0 unspecified atom stereocenters. The first-order valence-corrected chi connectivity index (χ1v) is 6.90. The van der Waals surface area contributed by atoms with Crippen LogP contribution in [0.4, 0.5) is 0 Å². The van der Waals surface area contributed by atoms with Crippen LogP contribution in [0.25, 0.3) is 0 Å². The van der Waals surface area contributed by atoms with E-state index in [1.54, 1.807) is 6.07 Å². The topological polar surface area (TPSA) is 38.3 Å². The van der Waals surface area contributed by atoms with Crippen molar-refractivity contribution >= 4 is 37.8 Å². The van der Waals surface area contributed by atoms with Gasteiger partial charge in [0, 0.05) is 20.9 Å². The van der Waals surface area contributed by atoms with Gasteiger partial charge in [0.25, 0.3) is 5.91 Å². The number of ether oxygens (including phenoxy) is 1. The molecule has 0 saturated carbocycles. The lowest BCUT2D eigenvalue weighted by Gasteiger charge is -2.38. The number of nitrogens with one attached hydrogen (secondary N) is 1. The molecule has 0 aliphatic carbocycles. The minimum absolute atomic E-state index is 0.0636. The SMILES string of the molecule is CC1(CNC(=O)c2cc(Br)ccc2Br)COC1. The highest BCUT2D eigenvalue weighted by molar-refractivity contribution is 9.11. The Hall–Kier alpha value is -0.390. The van der Waals surface area contributed by atoms with Crippen molar-refractivity contribution in [2.24, 2.45) is 5.41 Å². The highest BCUT2D eigenvalue weighted by atomic mass is 79.9. The van der Waals surface area contributed by atoms with E-state index in [1.165, 1.54) is 0 Å². The quantitative estimate of drug-likeness (QED) is 0.897. The van der Waals surface area contributed by atoms with E-state index in [-0.39, 0.29) is 11.3 Å². The van der Waals surface area contributed by atoms with E-state index < -0.39 is 0 Å². The van der Waals surface area contributed by atoms with Crippen molar-refractivity contribution in [2.45, 2.75) is 6.92 Å². The molecule has 5 heteroatoms. The maximum absolute atomic E-state index is 12.0. The molecule has 2 rings (SSSR count). The van der Waals surface area contributed by atoms with Gasteiger partial charge in [0.05, 0.1) is 18.8 Å². The molecule has 1 heterocycles. The van der Waals surface area contributed by atoms with Crippen LogP contribution in [-0.4, -0.2) is 25.7 Å². The zero-order valence-corrected chi connectivity index (χ0v) is 12.6. The molecular weight excluding hydrogens is 350 g/mol. The number of amides is 1. The summed E-state index contributed by atoms with van der Waals surface area (Å²) in [4.78, 5) is 12.0. The van der Waals surface area contributed by atoms with Gasteiger partial charge in [0.15, 0.2) is 0 Å². The van der Waals surface area contributed by atoms with Crippen LogP contribution in [0, 0.1) is 5.41 Å². The summed E-state index contributed by atoms with van der Waals surface area (Å²) in [5.74, 6) is -0.0636. The Bertz CT molecular complexity index is 444. The van der Waals surface area contributed by atoms with E-state index in [4.69, 9.17) is 4.74 Å². The zero-order chi connectivity index (χ0) is 12.5. The third-order valence-electron chi connectivity index (χ3n) is 2.75. The third kappa shape index (κ3) is 3.09. The highest BCUT2D eigenvalue weighted by Gasteiger charge is 2.33. The van der Waals surface area contributed by atoms with Gasteiger partial charge < -0.3 is 10.1 Å². The van der Waals surface area contributed by atoms with Gasteiger partial charge in [-0.3, -0.25) is 4.79 Å². The van der Waals surface area contributed by atoms with Crippen molar-refractivity contribution in [2.75, 3.05) is 19.8 Å². The highest BCUT2D eigenvalue weighted by Crippen LogP contribution is 2.26. The first kappa shape index (κ1) is 13.1. The van der Waals surface area contributed by atoms with Crippen LogP contribution < -0.4 is 5.32 Å². The predicted octanol–water partition coefficient (Wildman–Crippen LogP) is 2.98. The van der Waals surface area contributed by atoms with Crippen molar-refractivity contribution in [1.29, 1.82) is 0 Å². The summed E-state index contributed by atoms with van der Waals surface area (Å²) in [6.45, 7) is 4.18. The Morgan fingerprint density at radius 3 is 2.76 bits per heavy atom. The minimum Gasteiger partial charge on any atom is -0.380 e. The standard InChI is InChI=1S/C12H13Br2NO2/c1-12(6-17-7-12)5-15-11(16)9-4-8(13)2-3-10(9)14/h2-4H,5-7H2,1H3,(H,15,16).